The Labute approximate surface area is 209 Å². The molecular weight excluding hydrogens is 436 g/mol. The highest BCUT2D eigenvalue weighted by atomic mass is 16.5. The molecule has 35 heavy (non-hydrogen) atoms. The van der Waals surface area contributed by atoms with Gasteiger partial charge in [0.05, 0.1) is 12.7 Å². The van der Waals surface area contributed by atoms with Crippen LogP contribution in [0.15, 0.2) is 66.7 Å². The van der Waals surface area contributed by atoms with Gasteiger partial charge in [-0.1, -0.05) is 69.3 Å². The summed E-state index contributed by atoms with van der Waals surface area (Å²) in [6.45, 7) is 11.3. The van der Waals surface area contributed by atoms with Gasteiger partial charge in [-0.15, -0.1) is 0 Å². The number of carboxylic acids is 1. The molecule has 0 amide bonds. The molecule has 0 spiro atoms. The van der Waals surface area contributed by atoms with Gasteiger partial charge in [0.2, 0.25) is 0 Å². The third-order valence-corrected chi connectivity index (χ3v) is 6.66. The van der Waals surface area contributed by atoms with E-state index in [1.807, 2.05) is 31.2 Å². The molecule has 3 rings (SSSR count). The second kappa shape index (κ2) is 11.9. The maximum Gasteiger partial charge on any atom is 0.303 e. The molecule has 1 unspecified atom stereocenters. The minimum atomic E-state index is -0.779. The second-order valence-electron chi connectivity index (χ2n) is 9.72. The number of aliphatic carboxylic acids is 1. The predicted molar refractivity (Wildman–Crippen MR) is 142 cm³/mol. The standard InChI is InChI=1S/C31H38O4/c1-6-24-12-16-29(28(21-24)31(4,5)26-10-8-7-9-11-26)35-23(3)18-19-34-27-15-13-25(22(2)20-27)14-17-30(32)33/h7-13,15-16,20-21,23H,6,14,17-19H2,1-5H3,(H,32,33). The first-order valence-corrected chi connectivity index (χ1v) is 12.5. The van der Waals surface area contributed by atoms with Crippen LogP contribution in [0.2, 0.25) is 0 Å². The van der Waals surface area contributed by atoms with Crippen LogP contribution in [0.1, 0.15) is 68.4 Å². The van der Waals surface area contributed by atoms with Gasteiger partial charge >= 0.3 is 5.97 Å². The summed E-state index contributed by atoms with van der Waals surface area (Å²) in [6.07, 6.45) is 2.39. The molecule has 3 aromatic carbocycles. The molecule has 0 aliphatic heterocycles. The normalized spacial score (nSPS) is 12.3. The van der Waals surface area contributed by atoms with Crippen LogP contribution in [0.5, 0.6) is 11.5 Å². The number of carbonyl (C=O) groups is 1. The number of aryl methyl sites for hydroxylation is 3. The van der Waals surface area contributed by atoms with Crippen LogP contribution in [-0.4, -0.2) is 23.8 Å². The zero-order valence-electron chi connectivity index (χ0n) is 21.6. The van der Waals surface area contributed by atoms with E-state index in [9.17, 15) is 4.79 Å². The molecule has 0 aromatic heterocycles. The molecule has 0 saturated heterocycles. The molecule has 4 heteroatoms. The van der Waals surface area contributed by atoms with Gasteiger partial charge in [0.1, 0.15) is 11.5 Å². The monoisotopic (exact) mass is 474 g/mol. The maximum absolute atomic E-state index is 10.8. The first-order valence-electron chi connectivity index (χ1n) is 12.5. The number of benzene rings is 3. The van der Waals surface area contributed by atoms with Crippen LogP contribution < -0.4 is 9.47 Å². The van der Waals surface area contributed by atoms with Gasteiger partial charge in [-0.25, -0.2) is 0 Å². The lowest BCUT2D eigenvalue weighted by Gasteiger charge is -2.30. The van der Waals surface area contributed by atoms with E-state index in [0.29, 0.717) is 13.0 Å². The molecule has 3 aromatic rings. The first-order chi connectivity index (χ1) is 16.7. The van der Waals surface area contributed by atoms with Crippen LogP contribution in [-0.2, 0) is 23.1 Å². The summed E-state index contributed by atoms with van der Waals surface area (Å²) in [5.74, 6) is 0.938. The Bertz CT molecular complexity index is 1120. The van der Waals surface area contributed by atoms with E-state index in [0.717, 1.165) is 35.5 Å². The number of hydrogen-bond acceptors (Lipinski definition) is 3. The lowest BCUT2D eigenvalue weighted by molar-refractivity contribution is -0.136. The summed E-state index contributed by atoms with van der Waals surface area (Å²) in [4.78, 5) is 10.8. The molecule has 4 nitrogen and oxygen atoms in total. The summed E-state index contributed by atoms with van der Waals surface area (Å²) in [5, 5.41) is 8.90. The quantitative estimate of drug-likeness (QED) is 0.303. The van der Waals surface area contributed by atoms with Crippen molar-refractivity contribution < 1.29 is 19.4 Å². The van der Waals surface area contributed by atoms with Gasteiger partial charge in [-0.3, -0.25) is 4.79 Å². The lowest BCUT2D eigenvalue weighted by Crippen LogP contribution is -2.23. The topological polar surface area (TPSA) is 55.8 Å². The van der Waals surface area contributed by atoms with Crippen molar-refractivity contribution in [1.29, 1.82) is 0 Å². The van der Waals surface area contributed by atoms with Crippen molar-refractivity contribution in [3.05, 3.63) is 94.5 Å². The molecule has 0 saturated carbocycles. The summed E-state index contributed by atoms with van der Waals surface area (Å²) in [7, 11) is 0. The largest absolute Gasteiger partial charge is 0.493 e. The smallest absolute Gasteiger partial charge is 0.303 e. The van der Waals surface area contributed by atoms with Gasteiger partial charge in [-0.05, 0) is 67.1 Å². The van der Waals surface area contributed by atoms with Crippen LogP contribution in [0, 0.1) is 6.92 Å². The maximum atomic E-state index is 10.8. The van der Waals surface area contributed by atoms with E-state index in [1.54, 1.807) is 0 Å². The van der Waals surface area contributed by atoms with E-state index < -0.39 is 5.97 Å². The first kappa shape index (κ1) is 26.3. The average Bonchev–Trinajstić information content (AvgIpc) is 2.84. The van der Waals surface area contributed by atoms with E-state index in [4.69, 9.17) is 14.6 Å². The minimum absolute atomic E-state index is 0.0104. The van der Waals surface area contributed by atoms with Crippen molar-refractivity contribution in [3.63, 3.8) is 0 Å². The fraction of sp³-hybridized carbons (Fsp3) is 0.387. The Balaban J connectivity index is 1.65. The van der Waals surface area contributed by atoms with Crippen molar-refractivity contribution in [2.75, 3.05) is 6.61 Å². The van der Waals surface area contributed by atoms with Gasteiger partial charge in [0.25, 0.3) is 0 Å². The van der Waals surface area contributed by atoms with Crippen molar-refractivity contribution in [2.24, 2.45) is 0 Å². The highest BCUT2D eigenvalue weighted by Crippen LogP contribution is 2.38. The summed E-state index contributed by atoms with van der Waals surface area (Å²) in [6, 6.07) is 23.0. The summed E-state index contributed by atoms with van der Waals surface area (Å²) >= 11 is 0. The SMILES string of the molecule is CCc1ccc(OC(C)CCOc2ccc(CCC(=O)O)c(C)c2)c(C(C)(C)c2ccccc2)c1. The Morgan fingerprint density at radius 1 is 1.03 bits per heavy atom. The second-order valence-corrected chi connectivity index (χ2v) is 9.72. The van der Waals surface area contributed by atoms with Gasteiger partial charge in [0, 0.05) is 23.8 Å². The Kier molecular flexibility index (Phi) is 8.97. The summed E-state index contributed by atoms with van der Waals surface area (Å²) in [5.41, 5.74) is 5.67. The fourth-order valence-corrected chi connectivity index (χ4v) is 4.30. The highest BCUT2D eigenvalue weighted by Gasteiger charge is 2.27. The average molecular weight is 475 g/mol. The van der Waals surface area contributed by atoms with Crippen LogP contribution >= 0.6 is 0 Å². The van der Waals surface area contributed by atoms with E-state index in [1.165, 1.54) is 16.7 Å². The van der Waals surface area contributed by atoms with Crippen molar-refractivity contribution in [3.8, 4) is 11.5 Å². The third kappa shape index (κ3) is 7.11. The number of ether oxygens (including phenoxy) is 2. The molecule has 1 N–H and O–H groups in total. The predicted octanol–water partition coefficient (Wildman–Crippen LogP) is 7.14. The Morgan fingerprint density at radius 2 is 1.77 bits per heavy atom. The van der Waals surface area contributed by atoms with Gasteiger partial charge < -0.3 is 14.6 Å². The Morgan fingerprint density at radius 3 is 2.43 bits per heavy atom. The number of carboxylic acid groups (broad SMARTS) is 1. The highest BCUT2D eigenvalue weighted by molar-refractivity contribution is 5.67. The number of hydrogen-bond donors (Lipinski definition) is 1. The number of rotatable bonds is 12. The van der Waals surface area contributed by atoms with Crippen molar-refractivity contribution in [2.45, 2.75) is 71.8 Å². The molecule has 0 radical (unpaired) electrons. The minimum Gasteiger partial charge on any atom is -0.493 e. The van der Waals surface area contributed by atoms with E-state index in [2.05, 4.69) is 70.2 Å². The molecule has 1 atom stereocenters. The van der Waals surface area contributed by atoms with Gasteiger partial charge in [-0.2, -0.15) is 0 Å². The lowest BCUT2D eigenvalue weighted by atomic mass is 9.77. The zero-order chi connectivity index (χ0) is 25.4. The van der Waals surface area contributed by atoms with Crippen LogP contribution in [0.25, 0.3) is 0 Å². The molecule has 186 valence electrons. The van der Waals surface area contributed by atoms with Crippen LogP contribution in [0.3, 0.4) is 0 Å². The van der Waals surface area contributed by atoms with Crippen LogP contribution in [0.4, 0.5) is 0 Å². The van der Waals surface area contributed by atoms with Gasteiger partial charge in [0.15, 0.2) is 0 Å². The van der Waals surface area contributed by atoms with Crippen molar-refractivity contribution in [1.82, 2.24) is 0 Å². The fourth-order valence-electron chi connectivity index (χ4n) is 4.30. The van der Waals surface area contributed by atoms with E-state index >= 15 is 0 Å². The molecule has 0 heterocycles. The molecule has 0 aliphatic rings. The zero-order valence-corrected chi connectivity index (χ0v) is 21.6. The summed E-state index contributed by atoms with van der Waals surface area (Å²) < 4.78 is 12.4. The van der Waals surface area contributed by atoms with Crippen molar-refractivity contribution >= 4 is 5.97 Å². The third-order valence-electron chi connectivity index (χ3n) is 6.66. The molecule has 0 bridgehead atoms. The Hall–Kier alpha value is -3.27. The molecule has 0 aliphatic carbocycles. The molecule has 0 fully saturated rings. The molecular formula is C31H38O4. The van der Waals surface area contributed by atoms with E-state index in [-0.39, 0.29) is 17.9 Å².